The SMILES string of the molecule is CSCC(C)CNc1cc2n[nH]c(=O)n2cn1. The van der Waals surface area contributed by atoms with Crippen LogP contribution >= 0.6 is 11.8 Å². The highest BCUT2D eigenvalue weighted by Crippen LogP contribution is 2.08. The smallest absolute Gasteiger partial charge is 0.348 e. The molecule has 0 saturated carbocycles. The molecule has 0 aliphatic carbocycles. The molecule has 6 nitrogen and oxygen atoms in total. The van der Waals surface area contributed by atoms with Crippen LogP contribution in [0.25, 0.3) is 5.65 Å². The fraction of sp³-hybridized carbons (Fsp3) is 0.500. The Bertz CT molecular complexity index is 549. The number of nitrogens with zero attached hydrogens (tertiary/aromatic N) is 3. The molecule has 1 atom stereocenters. The molecule has 92 valence electrons. The van der Waals surface area contributed by atoms with E-state index in [0.717, 1.165) is 18.1 Å². The third-order valence-corrected chi connectivity index (χ3v) is 3.30. The molecule has 0 spiro atoms. The molecule has 2 N–H and O–H groups in total. The maximum atomic E-state index is 11.2. The molecule has 0 fully saturated rings. The van der Waals surface area contributed by atoms with Crippen LogP contribution in [0, 0.1) is 5.92 Å². The summed E-state index contributed by atoms with van der Waals surface area (Å²) in [6, 6.07) is 1.75. The average molecular weight is 253 g/mol. The quantitative estimate of drug-likeness (QED) is 0.825. The highest BCUT2D eigenvalue weighted by Gasteiger charge is 2.04. The maximum Gasteiger partial charge on any atom is 0.348 e. The van der Waals surface area contributed by atoms with Gasteiger partial charge in [0, 0.05) is 12.6 Å². The second-order valence-corrected chi connectivity index (χ2v) is 4.88. The zero-order chi connectivity index (χ0) is 12.3. The fourth-order valence-electron chi connectivity index (χ4n) is 1.53. The summed E-state index contributed by atoms with van der Waals surface area (Å²) in [5.41, 5.74) is 0.305. The molecule has 7 heteroatoms. The van der Waals surface area contributed by atoms with E-state index in [1.807, 2.05) is 11.8 Å². The van der Waals surface area contributed by atoms with Crippen molar-refractivity contribution in [2.24, 2.45) is 5.92 Å². The van der Waals surface area contributed by atoms with Crippen LogP contribution in [0.2, 0.25) is 0 Å². The van der Waals surface area contributed by atoms with E-state index in [-0.39, 0.29) is 5.69 Å². The fourth-order valence-corrected chi connectivity index (χ4v) is 2.22. The van der Waals surface area contributed by atoms with Crippen molar-refractivity contribution in [3.8, 4) is 0 Å². The third-order valence-electron chi connectivity index (χ3n) is 2.39. The Morgan fingerprint density at radius 1 is 1.65 bits per heavy atom. The summed E-state index contributed by atoms with van der Waals surface area (Å²) in [6.45, 7) is 3.04. The minimum absolute atomic E-state index is 0.269. The van der Waals surface area contributed by atoms with Gasteiger partial charge in [0.25, 0.3) is 0 Å². The van der Waals surface area contributed by atoms with E-state index in [0.29, 0.717) is 11.6 Å². The molecule has 0 amide bonds. The van der Waals surface area contributed by atoms with Gasteiger partial charge >= 0.3 is 5.69 Å². The standard InChI is InChI=1S/C10H15N5OS/c1-7(5-17-2)4-11-8-3-9-13-14-10(16)15(9)6-12-8/h3,6-7,11H,4-5H2,1-2H3,(H,14,16). The van der Waals surface area contributed by atoms with Crippen molar-refractivity contribution in [3.63, 3.8) is 0 Å². The van der Waals surface area contributed by atoms with Crippen molar-refractivity contribution in [1.29, 1.82) is 0 Å². The largest absolute Gasteiger partial charge is 0.370 e. The molecule has 17 heavy (non-hydrogen) atoms. The van der Waals surface area contributed by atoms with Crippen LogP contribution in [-0.2, 0) is 0 Å². The van der Waals surface area contributed by atoms with Gasteiger partial charge in [-0.3, -0.25) is 0 Å². The van der Waals surface area contributed by atoms with Crippen LogP contribution in [0.5, 0.6) is 0 Å². The summed E-state index contributed by atoms with van der Waals surface area (Å²) < 4.78 is 1.37. The first-order chi connectivity index (χ1) is 8.20. The number of aromatic amines is 1. The van der Waals surface area contributed by atoms with E-state index in [4.69, 9.17) is 0 Å². The summed E-state index contributed by atoms with van der Waals surface area (Å²) in [4.78, 5) is 15.4. The predicted octanol–water partition coefficient (Wildman–Crippen LogP) is 0.829. The zero-order valence-corrected chi connectivity index (χ0v) is 10.6. The van der Waals surface area contributed by atoms with E-state index in [1.54, 1.807) is 6.07 Å². The lowest BCUT2D eigenvalue weighted by molar-refractivity contribution is 0.699. The first-order valence-corrected chi connectivity index (χ1v) is 6.75. The van der Waals surface area contributed by atoms with Crippen LogP contribution in [0.4, 0.5) is 5.82 Å². The Hall–Kier alpha value is -1.50. The van der Waals surface area contributed by atoms with Gasteiger partial charge in [-0.2, -0.15) is 16.9 Å². The van der Waals surface area contributed by atoms with Crippen molar-refractivity contribution in [3.05, 3.63) is 22.9 Å². The van der Waals surface area contributed by atoms with Crippen LogP contribution in [0.15, 0.2) is 17.2 Å². The predicted molar refractivity (Wildman–Crippen MR) is 69.6 cm³/mol. The summed E-state index contributed by atoms with van der Waals surface area (Å²) >= 11 is 1.83. The van der Waals surface area contributed by atoms with Gasteiger partial charge in [-0.1, -0.05) is 6.92 Å². The van der Waals surface area contributed by atoms with Crippen molar-refractivity contribution in [1.82, 2.24) is 19.6 Å². The van der Waals surface area contributed by atoms with Crippen LogP contribution in [0.3, 0.4) is 0 Å². The van der Waals surface area contributed by atoms with Gasteiger partial charge in [0.15, 0.2) is 5.65 Å². The molecule has 0 aliphatic heterocycles. The normalized spacial score (nSPS) is 12.8. The molecule has 2 rings (SSSR count). The van der Waals surface area contributed by atoms with Gasteiger partial charge in [0.2, 0.25) is 0 Å². The second kappa shape index (κ2) is 5.22. The molecular formula is C10H15N5OS. The Morgan fingerprint density at radius 3 is 3.24 bits per heavy atom. The van der Waals surface area contributed by atoms with E-state index in [9.17, 15) is 4.79 Å². The summed E-state index contributed by atoms with van der Waals surface area (Å²) in [5, 5.41) is 9.50. The topological polar surface area (TPSA) is 75.1 Å². The lowest BCUT2D eigenvalue weighted by Crippen LogP contribution is -2.15. The van der Waals surface area contributed by atoms with Gasteiger partial charge in [-0.25, -0.2) is 19.3 Å². The highest BCUT2D eigenvalue weighted by molar-refractivity contribution is 7.98. The first-order valence-electron chi connectivity index (χ1n) is 5.36. The molecule has 0 aliphatic rings. The number of anilines is 1. The number of hydrogen-bond donors (Lipinski definition) is 2. The minimum Gasteiger partial charge on any atom is -0.370 e. The Kier molecular flexibility index (Phi) is 3.68. The summed E-state index contributed by atoms with van der Waals surface area (Å²) in [7, 11) is 0. The lowest BCUT2D eigenvalue weighted by atomic mass is 10.2. The van der Waals surface area contributed by atoms with Crippen molar-refractivity contribution in [2.45, 2.75) is 6.92 Å². The third kappa shape index (κ3) is 2.79. The highest BCUT2D eigenvalue weighted by atomic mass is 32.2. The van der Waals surface area contributed by atoms with Crippen LogP contribution in [0.1, 0.15) is 6.92 Å². The van der Waals surface area contributed by atoms with Crippen molar-refractivity contribution < 1.29 is 0 Å². The lowest BCUT2D eigenvalue weighted by Gasteiger charge is -2.11. The van der Waals surface area contributed by atoms with E-state index < -0.39 is 0 Å². The van der Waals surface area contributed by atoms with E-state index in [2.05, 4.69) is 33.7 Å². The first kappa shape index (κ1) is 12.0. The molecule has 2 heterocycles. The van der Waals surface area contributed by atoms with Gasteiger partial charge in [-0.15, -0.1) is 0 Å². The Morgan fingerprint density at radius 2 is 2.47 bits per heavy atom. The Labute approximate surface area is 103 Å². The van der Waals surface area contributed by atoms with Crippen molar-refractivity contribution in [2.75, 3.05) is 23.9 Å². The molecule has 0 saturated heterocycles. The molecule has 2 aromatic rings. The van der Waals surface area contributed by atoms with Gasteiger partial charge in [0.05, 0.1) is 0 Å². The number of fused-ring (bicyclic) bond motifs is 1. The van der Waals surface area contributed by atoms with Gasteiger partial charge in [-0.05, 0) is 17.9 Å². The zero-order valence-electron chi connectivity index (χ0n) is 9.80. The molecule has 0 bridgehead atoms. The molecule has 2 aromatic heterocycles. The van der Waals surface area contributed by atoms with Crippen LogP contribution < -0.4 is 11.0 Å². The summed E-state index contributed by atoms with van der Waals surface area (Å²) in [5.74, 6) is 2.42. The van der Waals surface area contributed by atoms with Gasteiger partial charge in [0.1, 0.15) is 12.1 Å². The number of nitrogens with one attached hydrogen (secondary N) is 2. The molecule has 0 radical (unpaired) electrons. The number of H-pyrrole nitrogens is 1. The average Bonchev–Trinajstić information content (AvgIpc) is 2.69. The molecule has 1 unspecified atom stereocenters. The van der Waals surface area contributed by atoms with Gasteiger partial charge < -0.3 is 5.32 Å². The van der Waals surface area contributed by atoms with Crippen LogP contribution in [-0.4, -0.2) is 38.1 Å². The number of aromatic nitrogens is 4. The van der Waals surface area contributed by atoms with E-state index >= 15 is 0 Å². The maximum absolute atomic E-state index is 11.2. The minimum atomic E-state index is -0.269. The second-order valence-electron chi connectivity index (χ2n) is 3.97. The monoisotopic (exact) mass is 253 g/mol. The van der Waals surface area contributed by atoms with E-state index in [1.165, 1.54) is 10.7 Å². The molecule has 0 aromatic carbocycles. The number of rotatable bonds is 5. The number of thioether (sulfide) groups is 1. The Balaban J connectivity index is 2.07. The molecular weight excluding hydrogens is 238 g/mol. The van der Waals surface area contributed by atoms with Crippen molar-refractivity contribution >= 4 is 23.2 Å². The summed E-state index contributed by atoms with van der Waals surface area (Å²) in [6.07, 6.45) is 3.57. The number of hydrogen-bond acceptors (Lipinski definition) is 5.